The van der Waals surface area contributed by atoms with Crippen molar-refractivity contribution in [2.75, 3.05) is 0 Å². The van der Waals surface area contributed by atoms with E-state index >= 15 is 0 Å². The monoisotopic (exact) mass is 348 g/mol. The van der Waals surface area contributed by atoms with Crippen LogP contribution in [-0.4, -0.2) is 36.1 Å². The fraction of sp³-hybridized carbons (Fsp3) is 0.200. The first-order valence-electron chi connectivity index (χ1n) is 6.96. The number of carboxylic acids is 1. The molecule has 1 unspecified atom stereocenters. The number of aliphatic carboxylic acids is 1. The lowest BCUT2D eigenvalue weighted by Crippen LogP contribution is -2.15. The molecular formula is C15H13ClN4O2S. The summed E-state index contributed by atoms with van der Waals surface area (Å²) >= 11 is 7.12. The number of hydrogen-bond donors (Lipinski definition) is 1. The van der Waals surface area contributed by atoms with Crippen molar-refractivity contribution in [3.63, 3.8) is 0 Å². The molecule has 0 radical (unpaired) electrons. The van der Waals surface area contributed by atoms with Crippen molar-refractivity contribution in [3.8, 4) is 11.4 Å². The van der Waals surface area contributed by atoms with Gasteiger partial charge in [0.1, 0.15) is 10.3 Å². The van der Waals surface area contributed by atoms with Crippen LogP contribution in [0.3, 0.4) is 0 Å². The summed E-state index contributed by atoms with van der Waals surface area (Å²) in [4.78, 5) is 11.2. The lowest BCUT2D eigenvalue weighted by Gasteiger charge is -2.08. The van der Waals surface area contributed by atoms with Crippen LogP contribution in [0.15, 0.2) is 41.4 Å². The molecule has 1 N–H and O–H groups in total. The smallest absolute Gasteiger partial charge is 0.317 e. The van der Waals surface area contributed by atoms with Crippen molar-refractivity contribution >= 4 is 35.0 Å². The third-order valence-electron chi connectivity index (χ3n) is 3.25. The number of halogens is 1. The molecule has 6 nitrogen and oxygen atoms in total. The molecule has 0 aliphatic carbocycles. The van der Waals surface area contributed by atoms with Gasteiger partial charge in [0.2, 0.25) is 0 Å². The molecule has 0 saturated carbocycles. The Labute approximate surface area is 141 Å². The lowest BCUT2D eigenvalue weighted by atomic mass is 10.2. The second-order valence-electron chi connectivity index (χ2n) is 4.83. The van der Waals surface area contributed by atoms with Gasteiger partial charge in [0.15, 0.2) is 11.5 Å². The van der Waals surface area contributed by atoms with Crippen LogP contribution in [0.2, 0.25) is 5.02 Å². The first-order chi connectivity index (χ1) is 11.1. The second kappa shape index (κ2) is 6.55. The summed E-state index contributed by atoms with van der Waals surface area (Å²) in [5, 5.41) is 22.6. The summed E-state index contributed by atoms with van der Waals surface area (Å²) in [5.41, 5.74) is 1.43. The maximum Gasteiger partial charge on any atom is 0.317 e. The highest BCUT2D eigenvalue weighted by atomic mass is 35.5. The maximum atomic E-state index is 11.2. The number of aromatic nitrogens is 4. The number of carboxylic acid groups (broad SMARTS) is 1. The number of fused-ring (bicyclic) bond motifs is 1. The normalized spacial score (nSPS) is 12.4. The molecule has 0 aliphatic rings. The first-order valence-corrected chi connectivity index (χ1v) is 8.22. The van der Waals surface area contributed by atoms with Crippen molar-refractivity contribution in [2.24, 2.45) is 0 Å². The summed E-state index contributed by atoms with van der Waals surface area (Å²) in [7, 11) is 0. The average Bonchev–Trinajstić information content (AvgIpc) is 2.96. The van der Waals surface area contributed by atoms with Crippen LogP contribution < -0.4 is 0 Å². The van der Waals surface area contributed by atoms with Gasteiger partial charge in [-0.2, -0.15) is 9.61 Å². The highest BCUT2D eigenvalue weighted by molar-refractivity contribution is 8.00. The molecule has 118 valence electrons. The summed E-state index contributed by atoms with van der Waals surface area (Å²) in [5.74, 6) is -0.261. The number of nitrogens with zero attached hydrogens (tertiary/aromatic N) is 4. The Hall–Kier alpha value is -2.12. The molecule has 0 amide bonds. The van der Waals surface area contributed by atoms with Crippen LogP contribution in [0.4, 0.5) is 0 Å². The van der Waals surface area contributed by atoms with Crippen LogP contribution in [-0.2, 0) is 4.79 Å². The highest BCUT2D eigenvalue weighted by Crippen LogP contribution is 2.25. The minimum atomic E-state index is -0.846. The maximum absolute atomic E-state index is 11.2. The van der Waals surface area contributed by atoms with Crippen molar-refractivity contribution < 1.29 is 9.90 Å². The average molecular weight is 349 g/mol. The van der Waals surface area contributed by atoms with Gasteiger partial charge in [-0.1, -0.05) is 30.3 Å². The third-order valence-corrected chi connectivity index (χ3v) is 4.78. The zero-order valence-electron chi connectivity index (χ0n) is 12.2. The molecule has 3 rings (SSSR count). The number of hydrogen-bond acceptors (Lipinski definition) is 5. The van der Waals surface area contributed by atoms with E-state index in [2.05, 4.69) is 15.3 Å². The molecule has 2 heterocycles. The Kier molecular flexibility index (Phi) is 4.49. The van der Waals surface area contributed by atoms with Crippen LogP contribution in [0.1, 0.15) is 13.3 Å². The van der Waals surface area contributed by atoms with Crippen LogP contribution in [0.25, 0.3) is 17.0 Å². The molecule has 3 aromatic rings. The fourth-order valence-corrected chi connectivity index (χ4v) is 3.03. The quantitative estimate of drug-likeness (QED) is 0.712. The van der Waals surface area contributed by atoms with Gasteiger partial charge in [0, 0.05) is 10.6 Å². The highest BCUT2D eigenvalue weighted by Gasteiger charge is 2.18. The molecule has 0 spiro atoms. The molecule has 1 aromatic carbocycles. The second-order valence-corrected chi connectivity index (χ2v) is 6.48. The lowest BCUT2D eigenvalue weighted by molar-refractivity contribution is -0.136. The topological polar surface area (TPSA) is 80.4 Å². The van der Waals surface area contributed by atoms with Crippen molar-refractivity contribution in [2.45, 2.75) is 23.6 Å². The zero-order valence-corrected chi connectivity index (χ0v) is 13.8. The van der Waals surface area contributed by atoms with Crippen LogP contribution >= 0.6 is 23.4 Å². The van der Waals surface area contributed by atoms with Gasteiger partial charge in [0.25, 0.3) is 0 Å². The number of rotatable bonds is 5. The van der Waals surface area contributed by atoms with Gasteiger partial charge in [-0.15, -0.1) is 10.2 Å². The Morgan fingerprint density at radius 1 is 1.26 bits per heavy atom. The molecule has 0 saturated heterocycles. The molecule has 8 heteroatoms. The van der Waals surface area contributed by atoms with E-state index in [-0.39, 0.29) is 0 Å². The summed E-state index contributed by atoms with van der Waals surface area (Å²) in [6, 6.07) is 10.8. The van der Waals surface area contributed by atoms with Gasteiger partial charge in [-0.05, 0) is 42.8 Å². The first kappa shape index (κ1) is 15.8. The molecular weight excluding hydrogens is 336 g/mol. The van der Waals surface area contributed by atoms with Crippen molar-refractivity contribution in [1.29, 1.82) is 0 Å². The van der Waals surface area contributed by atoms with E-state index in [1.54, 1.807) is 28.8 Å². The summed E-state index contributed by atoms with van der Waals surface area (Å²) in [6.07, 6.45) is 0.520. The van der Waals surface area contributed by atoms with E-state index in [1.807, 2.05) is 19.1 Å². The largest absolute Gasteiger partial charge is 0.480 e. The van der Waals surface area contributed by atoms with Gasteiger partial charge in [-0.25, -0.2) is 0 Å². The van der Waals surface area contributed by atoms with Crippen LogP contribution in [0.5, 0.6) is 0 Å². The molecule has 1 atom stereocenters. The van der Waals surface area contributed by atoms with Crippen molar-refractivity contribution in [1.82, 2.24) is 19.8 Å². The Morgan fingerprint density at radius 2 is 2.00 bits per heavy atom. The van der Waals surface area contributed by atoms with E-state index in [9.17, 15) is 9.90 Å². The predicted octanol–water partition coefficient (Wildman–Crippen LogP) is 3.40. The molecule has 2 aromatic heterocycles. The standard InChI is InChI=1S/C15H13ClN4O2S/c1-2-11(15(21)22)23-13-8-7-12-17-18-14(20(12)19-13)9-3-5-10(16)6-4-9/h3-8,11H,2H2,1H3,(H,21,22). The Morgan fingerprint density at radius 3 is 2.65 bits per heavy atom. The Bertz CT molecular complexity index is 850. The molecule has 0 fully saturated rings. The number of thioether (sulfide) groups is 1. The minimum Gasteiger partial charge on any atom is -0.480 e. The number of benzene rings is 1. The zero-order chi connectivity index (χ0) is 16.4. The predicted molar refractivity (Wildman–Crippen MR) is 88.8 cm³/mol. The number of carbonyl (C=O) groups is 1. The summed E-state index contributed by atoms with van der Waals surface area (Å²) in [6.45, 7) is 1.84. The van der Waals surface area contributed by atoms with Crippen molar-refractivity contribution in [3.05, 3.63) is 41.4 Å². The van der Waals surface area contributed by atoms with E-state index < -0.39 is 11.2 Å². The molecule has 23 heavy (non-hydrogen) atoms. The van der Waals surface area contributed by atoms with E-state index in [0.717, 1.165) is 5.56 Å². The van der Waals surface area contributed by atoms with E-state index in [4.69, 9.17) is 11.6 Å². The third kappa shape index (κ3) is 3.30. The SMILES string of the molecule is CCC(Sc1ccc2nnc(-c3ccc(Cl)cc3)n2n1)C(=O)O. The van der Waals surface area contributed by atoms with Crippen LogP contribution in [0, 0.1) is 0 Å². The Balaban J connectivity index is 2.00. The van der Waals surface area contributed by atoms with Gasteiger partial charge >= 0.3 is 5.97 Å². The minimum absolute atomic E-state index is 0.520. The summed E-state index contributed by atoms with van der Waals surface area (Å²) < 4.78 is 1.61. The molecule has 0 aliphatic heterocycles. The molecule has 0 bridgehead atoms. The fourth-order valence-electron chi connectivity index (χ4n) is 2.07. The van der Waals surface area contributed by atoms with Gasteiger partial charge < -0.3 is 5.11 Å². The van der Waals surface area contributed by atoms with E-state index in [0.29, 0.717) is 27.9 Å². The van der Waals surface area contributed by atoms with Gasteiger partial charge in [-0.3, -0.25) is 4.79 Å². The van der Waals surface area contributed by atoms with Gasteiger partial charge in [0.05, 0.1) is 0 Å². The van der Waals surface area contributed by atoms with E-state index in [1.165, 1.54) is 11.8 Å².